The van der Waals surface area contributed by atoms with Crippen molar-refractivity contribution in [2.75, 3.05) is 6.54 Å². The predicted octanol–water partition coefficient (Wildman–Crippen LogP) is 0.976. The molecule has 2 fully saturated rings. The smallest absolute Gasteiger partial charge is 0.220 e. The molecule has 1 amide bonds. The van der Waals surface area contributed by atoms with Crippen LogP contribution in [0.1, 0.15) is 32.6 Å². The lowest BCUT2D eigenvalue weighted by Gasteiger charge is -2.29. The van der Waals surface area contributed by atoms with Crippen molar-refractivity contribution in [3.8, 4) is 0 Å². The molecule has 0 aromatic heterocycles. The van der Waals surface area contributed by atoms with Gasteiger partial charge in [-0.15, -0.1) is 0 Å². The van der Waals surface area contributed by atoms with E-state index in [1.54, 1.807) is 11.8 Å². The first-order valence-electron chi connectivity index (χ1n) is 5.00. The number of nitrogens with zero attached hydrogens (tertiary/aromatic N) is 1. The first kappa shape index (κ1) is 8.73. The number of amides is 1. The summed E-state index contributed by atoms with van der Waals surface area (Å²) in [5, 5.41) is 0. The molecule has 3 heteroatoms. The number of rotatable bonds is 0. The van der Waals surface area contributed by atoms with Crippen LogP contribution in [0.15, 0.2) is 0 Å². The van der Waals surface area contributed by atoms with E-state index in [4.69, 9.17) is 0 Å². The first-order valence-corrected chi connectivity index (χ1v) is 5.00. The molecule has 72 valence electrons. The lowest BCUT2D eigenvalue weighted by atomic mass is 9.84. The second-order valence-corrected chi connectivity index (χ2v) is 4.06. The summed E-state index contributed by atoms with van der Waals surface area (Å²) in [5.41, 5.74) is 0. The molecule has 1 aliphatic carbocycles. The Morgan fingerprint density at radius 2 is 2.23 bits per heavy atom. The summed E-state index contributed by atoms with van der Waals surface area (Å²) in [7, 11) is 0. The minimum Gasteiger partial charge on any atom is -0.333 e. The maximum atomic E-state index is 11.6. The van der Waals surface area contributed by atoms with Gasteiger partial charge in [0.05, 0.1) is 6.04 Å². The van der Waals surface area contributed by atoms with Crippen LogP contribution < -0.4 is 0 Å². The highest BCUT2D eigenvalue weighted by Crippen LogP contribution is 2.34. The molecule has 13 heavy (non-hydrogen) atoms. The fraction of sp³-hybridized carbons (Fsp3) is 0.800. The lowest BCUT2D eigenvalue weighted by Crippen LogP contribution is -2.44. The van der Waals surface area contributed by atoms with Crippen molar-refractivity contribution in [3.05, 3.63) is 0 Å². The Labute approximate surface area is 78.1 Å². The van der Waals surface area contributed by atoms with Gasteiger partial charge in [-0.3, -0.25) is 9.59 Å². The summed E-state index contributed by atoms with van der Waals surface area (Å²) < 4.78 is 0. The summed E-state index contributed by atoms with van der Waals surface area (Å²) in [6, 6.07) is -0.0637. The maximum Gasteiger partial charge on any atom is 0.220 e. The highest BCUT2D eigenvalue weighted by molar-refractivity contribution is 5.89. The molecule has 1 aliphatic heterocycles. The first-order chi connectivity index (χ1) is 6.20. The predicted molar refractivity (Wildman–Crippen MR) is 48.1 cm³/mol. The zero-order chi connectivity index (χ0) is 9.42. The fourth-order valence-corrected chi connectivity index (χ4v) is 2.63. The van der Waals surface area contributed by atoms with Crippen LogP contribution in [-0.4, -0.2) is 29.2 Å². The molecule has 2 atom stereocenters. The van der Waals surface area contributed by atoms with Gasteiger partial charge in [0.25, 0.3) is 0 Å². The number of likely N-dealkylation sites (tertiary alicyclic amines) is 1. The third-order valence-corrected chi connectivity index (χ3v) is 3.26. The normalized spacial score (nSPS) is 33.3. The fourth-order valence-electron chi connectivity index (χ4n) is 2.63. The number of carbonyl (C=O) groups excluding carboxylic acids is 2. The second kappa shape index (κ2) is 3.13. The van der Waals surface area contributed by atoms with E-state index in [9.17, 15) is 9.59 Å². The van der Waals surface area contributed by atoms with Gasteiger partial charge < -0.3 is 4.90 Å². The zero-order valence-electron chi connectivity index (χ0n) is 7.95. The number of fused-ring (bicyclic) bond motifs is 1. The molecule has 0 spiro atoms. The van der Waals surface area contributed by atoms with Crippen LogP contribution in [-0.2, 0) is 9.59 Å². The van der Waals surface area contributed by atoms with E-state index in [1.165, 1.54) is 0 Å². The van der Waals surface area contributed by atoms with Gasteiger partial charge >= 0.3 is 0 Å². The van der Waals surface area contributed by atoms with E-state index in [1.807, 2.05) is 0 Å². The van der Waals surface area contributed by atoms with Crippen molar-refractivity contribution in [2.24, 2.45) is 5.92 Å². The summed E-state index contributed by atoms with van der Waals surface area (Å²) in [5.74, 6) is 0.803. The molecule has 2 unspecified atom stereocenters. The molecule has 0 aromatic carbocycles. The SMILES string of the molecule is CC(=O)N1CCC2CCCC(=O)C21. The molecule has 1 saturated carbocycles. The lowest BCUT2D eigenvalue weighted by molar-refractivity contribution is -0.138. The summed E-state index contributed by atoms with van der Waals surface area (Å²) in [6.45, 7) is 2.35. The molecular formula is C10H15NO2. The van der Waals surface area contributed by atoms with Crippen LogP contribution in [0.5, 0.6) is 0 Å². The molecule has 0 bridgehead atoms. The average Bonchev–Trinajstić information content (AvgIpc) is 2.49. The Balaban J connectivity index is 2.18. The van der Waals surface area contributed by atoms with E-state index < -0.39 is 0 Å². The number of carbonyl (C=O) groups is 2. The Morgan fingerprint density at radius 3 is 2.92 bits per heavy atom. The summed E-state index contributed by atoms with van der Waals surface area (Å²) >= 11 is 0. The van der Waals surface area contributed by atoms with Crippen LogP contribution >= 0.6 is 0 Å². The Morgan fingerprint density at radius 1 is 1.46 bits per heavy atom. The average molecular weight is 181 g/mol. The molecule has 1 heterocycles. The van der Waals surface area contributed by atoms with Crippen LogP contribution in [0, 0.1) is 5.92 Å². The highest BCUT2D eigenvalue weighted by atomic mass is 16.2. The molecular weight excluding hydrogens is 166 g/mol. The van der Waals surface area contributed by atoms with Crippen LogP contribution in [0.2, 0.25) is 0 Å². The van der Waals surface area contributed by atoms with Crippen molar-refractivity contribution in [3.63, 3.8) is 0 Å². The van der Waals surface area contributed by atoms with Gasteiger partial charge in [0.15, 0.2) is 5.78 Å². The summed E-state index contributed by atoms with van der Waals surface area (Å²) in [4.78, 5) is 24.6. The van der Waals surface area contributed by atoms with E-state index in [2.05, 4.69) is 0 Å². The minimum absolute atomic E-state index is 0.0581. The van der Waals surface area contributed by atoms with Gasteiger partial charge in [-0.25, -0.2) is 0 Å². The van der Waals surface area contributed by atoms with Crippen LogP contribution in [0.4, 0.5) is 0 Å². The maximum absolute atomic E-state index is 11.6. The molecule has 0 aromatic rings. The molecule has 2 aliphatic rings. The van der Waals surface area contributed by atoms with E-state index in [0.29, 0.717) is 12.3 Å². The number of hydrogen-bond acceptors (Lipinski definition) is 2. The van der Waals surface area contributed by atoms with Gasteiger partial charge in [-0.05, 0) is 25.2 Å². The minimum atomic E-state index is -0.0637. The standard InChI is InChI=1S/C10H15NO2/c1-7(12)11-6-5-8-3-2-4-9(13)10(8)11/h8,10H,2-6H2,1H3. The molecule has 2 rings (SSSR count). The third kappa shape index (κ3) is 1.36. The molecule has 0 radical (unpaired) electrons. The number of hydrogen-bond donors (Lipinski definition) is 0. The van der Waals surface area contributed by atoms with E-state index in [0.717, 1.165) is 25.8 Å². The van der Waals surface area contributed by atoms with Crippen molar-refractivity contribution in [1.82, 2.24) is 4.90 Å². The Kier molecular flexibility index (Phi) is 2.10. The Hall–Kier alpha value is -0.860. The van der Waals surface area contributed by atoms with Gasteiger partial charge in [0.1, 0.15) is 0 Å². The van der Waals surface area contributed by atoms with Gasteiger partial charge in [0, 0.05) is 19.9 Å². The zero-order valence-corrected chi connectivity index (χ0v) is 7.95. The number of ketones is 1. The van der Waals surface area contributed by atoms with Crippen molar-refractivity contribution in [1.29, 1.82) is 0 Å². The van der Waals surface area contributed by atoms with Crippen LogP contribution in [0.3, 0.4) is 0 Å². The highest BCUT2D eigenvalue weighted by Gasteiger charge is 2.41. The topological polar surface area (TPSA) is 37.4 Å². The largest absolute Gasteiger partial charge is 0.333 e. The molecule has 1 saturated heterocycles. The van der Waals surface area contributed by atoms with Crippen molar-refractivity contribution < 1.29 is 9.59 Å². The van der Waals surface area contributed by atoms with E-state index in [-0.39, 0.29) is 17.7 Å². The second-order valence-electron chi connectivity index (χ2n) is 4.06. The van der Waals surface area contributed by atoms with Gasteiger partial charge in [-0.1, -0.05) is 0 Å². The van der Waals surface area contributed by atoms with Crippen molar-refractivity contribution >= 4 is 11.7 Å². The van der Waals surface area contributed by atoms with Gasteiger partial charge in [0.2, 0.25) is 5.91 Å². The Bertz CT molecular complexity index is 249. The molecule has 0 N–H and O–H groups in total. The summed E-state index contributed by atoms with van der Waals surface area (Å²) in [6.07, 6.45) is 3.84. The van der Waals surface area contributed by atoms with Crippen LogP contribution in [0.25, 0.3) is 0 Å². The number of Topliss-reactive ketones (excluding diaryl/α,β-unsaturated/α-hetero) is 1. The van der Waals surface area contributed by atoms with E-state index >= 15 is 0 Å². The van der Waals surface area contributed by atoms with Crippen molar-refractivity contribution in [2.45, 2.75) is 38.6 Å². The third-order valence-electron chi connectivity index (χ3n) is 3.26. The molecule has 3 nitrogen and oxygen atoms in total. The van der Waals surface area contributed by atoms with Gasteiger partial charge in [-0.2, -0.15) is 0 Å². The quantitative estimate of drug-likeness (QED) is 0.558. The monoisotopic (exact) mass is 181 g/mol.